The summed E-state index contributed by atoms with van der Waals surface area (Å²) in [6.07, 6.45) is 1.93. The third-order valence-electron chi connectivity index (χ3n) is 3.37. The third-order valence-corrected chi connectivity index (χ3v) is 5.91. The van der Waals surface area contributed by atoms with Gasteiger partial charge >= 0.3 is 5.97 Å². The number of esters is 1. The Morgan fingerprint density at radius 2 is 1.61 bits per heavy atom. The number of rotatable bonds is 5. The summed E-state index contributed by atoms with van der Waals surface area (Å²) in [5.41, 5.74) is 0.831. The van der Waals surface area contributed by atoms with Crippen molar-refractivity contribution >= 4 is 33.4 Å². The Bertz CT molecular complexity index is 784. The van der Waals surface area contributed by atoms with Crippen molar-refractivity contribution in [1.29, 1.82) is 0 Å². The molecule has 0 atom stereocenters. The summed E-state index contributed by atoms with van der Waals surface area (Å²) in [5, 5.41) is 0. The summed E-state index contributed by atoms with van der Waals surface area (Å²) in [7, 11) is -0.874. The largest absolute Gasteiger partial charge is 0.465 e. The first-order chi connectivity index (χ1) is 10.9. The highest BCUT2D eigenvalue weighted by Gasteiger charge is 2.21. The molecule has 5 nitrogen and oxygen atoms in total. The van der Waals surface area contributed by atoms with Crippen LogP contribution in [0.15, 0.2) is 58.3 Å². The third kappa shape index (κ3) is 3.68. The van der Waals surface area contributed by atoms with Crippen LogP contribution in [0, 0.1) is 0 Å². The number of sulfonamides is 1. The van der Waals surface area contributed by atoms with Gasteiger partial charge in [0.05, 0.1) is 23.3 Å². The van der Waals surface area contributed by atoms with Gasteiger partial charge in [0.2, 0.25) is 0 Å². The maximum atomic E-state index is 12.6. The fourth-order valence-electron chi connectivity index (χ4n) is 1.97. The van der Waals surface area contributed by atoms with Crippen LogP contribution < -0.4 is 4.31 Å². The molecule has 0 saturated heterocycles. The predicted molar refractivity (Wildman–Crippen MR) is 91.6 cm³/mol. The standard InChI is InChI=1S/C16H17NO4S2/c1-17(13-6-4-12(5-7-13)16(18)21-2)23(19,20)15-10-8-14(22-3)9-11-15/h4-11H,1-3H3. The quantitative estimate of drug-likeness (QED) is 0.612. The molecule has 0 spiro atoms. The normalized spacial score (nSPS) is 11.1. The van der Waals surface area contributed by atoms with E-state index in [1.165, 1.54) is 30.6 Å². The van der Waals surface area contributed by atoms with E-state index < -0.39 is 16.0 Å². The van der Waals surface area contributed by atoms with E-state index in [1.54, 1.807) is 48.2 Å². The molecule has 0 N–H and O–H groups in total. The molecule has 0 amide bonds. The Hall–Kier alpha value is -1.99. The van der Waals surface area contributed by atoms with E-state index in [1.807, 2.05) is 6.26 Å². The summed E-state index contributed by atoms with van der Waals surface area (Å²) in [6, 6.07) is 12.9. The monoisotopic (exact) mass is 351 g/mol. The molecular weight excluding hydrogens is 334 g/mol. The van der Waals surface area contributed by atoms with Gasteiger partial charge in [-0.1, -0.05) is 0 Å². The second-order valence-corrected chi connectivity index (χ2v) is 7.54. The van der Waals surface area contributed by atoms with Crippen LogP contribution in [0.5, 0.6) is 0 Å². The molecule has 122 valence electrons. The minimum Gasteiger partial charge on any atom is -0.465 e. The van der Waals surface area contributed by atoms with Crippen molar-refractivity contribution in [3.8, 4) is 0 Å². The van der Waals surface area contributed by atoms with Crippen LogP contribution in [-0.2, 0) is 14.8 Å². The van der Waals surface area contributed by atoms with Crippen LogP contribution >= 0.6 is 11.8 Å². The summed E-state index contributed by atoms with van der Waals surface area (Å²) in [4.78, 5) is 12.6. The molecular formula is C16H17NO4S2. The molecule has 0 saturated carbocycles. The number of anilines is 1. The predicted octanol–water partition coefficient (Wildman–Crippen LogP) is 3.02. The molecule has 0 fully saturated rings. The zero-order chi connectivity index (χ0) is 17.0. The lowest BCUT2D eigenvalue weighted by molar-refractivity contribution is 0.0601. The van der Waals surface area contributed by atoms with Crippen LogP contribution in [0.2, 0.25) is 0 Å². The van der Waals surface area contributed by atoms with Crippen molar-refractivity contribution in [2.75, 3.05) is 24.7 Å². The summed E-state index contributed by atoms with van der Waals surface area (Å²) >= 11 is 1.55. The molecule has 0 aliphatic heterocycles. The van der Waals surface area contributed by atoms with Crippen molar-refractivity contribution in [3.63, 3.8) is 0 Å². The molecule has 0 aliphatic carbocycles. The van der Waals surface area contributed by atoms with E-state index in [4.69, 9.17) is 0 Å². The fourth-order valence-corrected chi connectivity index (χ4v) is 3.57. The lowest BCUT2D eigenvalue weighted by Crippen LogP contribution is -2.26. The van der Waals surface area contributed by atoms with E-state index >= 15 is 0 Å². The van der Waals surface area contributed by atoms with E-state index in [-0.39, 0.29) is 4.90 Å². The molecule has 23 heavy (non-hydrogen) atoms. The SMILES string of the molecule is COC(=O)c1ccc(N(C)S(=O)(=O)c2ccc(SC)cc2)cc1. The van der Waals surface area contributed by atoms with E-state index in [0.717, 1.165) is 4.90 Å². The average molecular weight is 351 g/mol. The molecule has 2 aromatic carbocycles. The van der Waals surface area contributed by atoms with Gasteiger partial charge in [0.1, 0.15) is 0 Å². The molecule has 7 heteroatoms. The Morgan fingerprint density at radius 3 is 2.09 bits per heavy atom. The van der Waals surface area contributed by atoms with Crippen molar-refractivity contribution in [1.82, 2.24) is 0 Å². The molecule has 0 bridgehead atoms. The van der Waals surface area contributed by atoms with Crippen LogP contribution in [-0.4, -0.2) is 34.8 Å². The number of ether oxygens (including phenoxy) is 1. The van der Waals surface area contributed by atoms with Gasteiger partial charge in [0.25, 0.3) is 10.0 Å². The van der Waals surface area contributed by atoms with Crippen LogP contribution in [0.3, 0.4) is 0 Å². The van der Waals surface area contributed by atoms with E-state index in [0.29, 0.717) is 11.3 Å². The van der Waals surface area contributed by atoms with Gasteiger partial charge in [-0.15, -0.1) is 11.8 Å². The van der Waals surface area contributed by atoms with Crippen LogP contribution in [0.4, 0.5) is 5.69 Å². The second kappa shape index (κ2) is 7.06. The Labute approximate surface area is 140 Å². The lowest BCUT2D eigenvalue weighted by atomic mass is 10.2. The van der Waals surface area contributed by atoms with E-state index in [9.17, 15) is 13.2 Å². The van der Waals surface area contributed by atoms with E-state index in [2.05, 4.69) is 4.74 Å². The van der Waals surface area contributed by atoms with Gasteiger partial charge in [0.15, 0.2) is 0 Å². The number of benzene rings is 2. The highest BCUT2D eigenvalue weighted by molar-refractivity contribution is 7.98. The summed E-state index contributed by atoms with van der Waals surface area (Å²) < 4.78 is 31.1. The Balaban J connectivity index is 2.30. The van der Waals surface area contributed by atoms with Crippen LogP contribution in [0.1, 0.15) is 10.4 Å². The lowest BCUT2D eigenvalue weighted by Gasteiger charge is -2.19. The first-order valence-electron chi connectivity index (χ1n) is 6.71. The number of carbonyl (C=O) groups excluding carboxylic acids is 1. The van der Waals surface area contributed by atoms with Crippen molar-refractivity contribution in [2.45, 2.75) is 9.79 Å². The minimum absolute atomic E-state index is 0.217. The highest BCUT2D eigenvalue weighted by Crippen LogP contribution is 2.24. The van der Waals surface area contributed by atoms with Gasteiger partial charge < -0.3 is 4.74 Å². The first-order valence-corrected chi connectivity index (χ1v) is 9.38. The minimum atomic E-state index is -3.65. The van der Waals surface area contributed by atoms with Gasteiger partial charge in [-0.3, -0.25) is 4.31 Å². The fraction of sp³-hybridized carbons (Fsp3) is 0.188. The van der Waals surface area contributed by atoms with Crippen molar-refractivity contribution in [2.24, 2.45) is 0 Å². The number of methoxy groups -OCH3 is 1. The number of nitrogens with zero attached hydrogens (tertiary/aromatic N) is 1. The molecule has 0 heterocycles. The Morgan fingerprint density at radius 1 is 1.04 bits per heavy atom. The van der Waals surface area contributed by atoms with Gasteiger partial charge in [-0.25, -0.2) is 13.2 Å². The number of thioether (sulfide) groups is 1. The summed E-state index contributed by atoms with van der Waals surface area (Å²) in [5.74, 6) is -0.463. The Kier molecular flexibility index (Phi) is 5.33. The molecule has 0 aromatic heterocycles. The maximum absolute atomic E-state index is 12.6. The van der Waals surface area contributed by atoms with Crippen molar-refractivity contribution in [3.05, 3.63) is 54.1 Å². The number of hydrogen-bond acceptors (Lipinski definition) is 5. The van der Waals surface area contributed by atoms with Crippen molar-refractivity contribution < 1.29 is 17.9 Å². The number of carbonyl (C=O) groups is 1. The topological polar surface area (TPSA) is 63.7 Å². The zero-order valence-electron chi connectivity index (χ0n) is 13.0. The average Bonchev–Trinajstić information content (AvgIpc) is 2.60. The van der Waals surface area contributed by atoms with Gasteiger partial charge in [0, 0.05) is 11.9 Å². The smallest absolute Gasteiger partial charge is 0.337 e. The number of hydrogen-bond donors (Lipinski definition) is 0. The summed E-state index contributed by atoms with van der Waals surface area (Å²) in [6.45, 7) is 0. The zero-order valence-corrected chi connectivity index (χ0v) is 14.6. The second-order valence-electron chi connectivity index (χ2n) is 4.69. The molecule has 0 aliphatic rings. The maximum Gasteiger partial charge on any atom is 0.337 e. The molecule has 0 radical (unpaired) electrons. The molecule has 0 unspecified atom stereocenters. The first kappa shape index (κ1) is 17.4. The highest BCUT2D eigenvalue weighted by atomic mass is 32.2. The molecule has 2 aromatic rings. The van der Waals surface area contributed by atoms with Crippen LogP contribution in [0.25, 0.3) is 0 Å². The van der Waals surface area contributed by atoms with Gasteiger partial charge in [-0.05, 0) is 54.8 Å². The van der Waals surface area contributed by atoms with Gasteiger partial charge in [-0.2, -0.15) is 0 Å². The molecule has 2 rings (SSSR count).